The molecular formula is C44H46ClN3O5. The third-order valence-electron chi connectivity index (χ3n) is 10.3. The Kier molecular flexibility index (Phi) is 11.9. The van der Waals surface area contributed by atoms with Crippen molar-refractivity contribution < 1.29 is 24.5 Å². The highest BCUT2D eigenvalue weighted by atomic mass is 35.5. The van der Waals surface area contributed by atoms with Gasteiger partial charge in [-0.05, 0) is 76.1 Å². The number of carbonyl (C=O) groups excluding carboxylic acids is 1. The van der Waals surface area contributed by atoms with Gasteiger partial charge in [-0.25, -0.2) is 4.79 Å². The molecule has 2 aliphatic heterocycles. The number of aliphatic hydroxyl groups excluding tert-OH is 1. The summed E-state index contributed by atoms with van der Waals surface area (Å²) in [6, 6.07) is 41.5. The Labute approximate surface area is 316 Å². The molecule has 7 rings (SSSR count). The van der Waals surface area contributed by atoms with Gasteiger partial charge in [-0.1, -0.05) is 115 Å². The number of hydrogen-bond acceptors (Lipinski definition) is 6. The van der Waals surface area contributed by atoms with Crippen LogP contribution in [-0.2, 0) is 34.8 Å². The van der Waals surface area contributed by atoms with Crippen molar-refractivity contribution in [1.29, 1.82) is 0 Å². The van der Waals surface area contributed by atoms with E-state index >= 15 is 0 Å². The lowest BCUT2D eigenvalue weighted by Crippen LogP contribution is -2.46. The largest absolute Gasteiger partial charge is 0.392 e. The van der Waals surface area contributed by atoms with Gasteiger partial charge in [0.25, 0.3) is 0 Å². The molecule has 0 aromatic heterocycles. The number of halogens is 1. The number of amides is 2. The van der Waals surface area contributed by atoms with Crippen LogP contribution in [0.25, 0.3) is 11.1 Å². The molecule has 2 fully saturated rings. The molecule has 9 heteroatoms. The van der Waals surface area contributed by atoms with Crippen LogP contribution in [0.4, 0.5) is 4.79 Å². The maximum atomic E-state index is 12.5. The van der Waals surface area contributed by atoms with Gasteiger partial charge in [0.05, 0.1) is 24.4 Å². The van der Waals surface area contributed by atoms with Gasteiger partial charge in [0.15, 0.2) is 6.29 Å². The van der Waals surface area contributed by atoms with E-state index in [0.29, 0.717) is 37.4 Å². The Balaban J connectivity index is 1.03. The summed E-state index contributed by atoms with van der Waals surface area (Å²) < 4.78 is 13.4. The van der Waals surface area contributed by atoms with Crippen molar-refractivity contribution in [3.8, 4) is 11.1 Å². The molecule has 2 amide bonds. The van der Waals surface area contributed by atoms with Gasteiger partial charge in [0, 0.05) is 49.7 Å². The Morgan fingerprint density at radius 3 is 2.11 bits per heavy atom. The van der Waals surface area contributed by atoms with Crippen LogP contribution in [0.15, 0.2) is 127 Å². The monoisotopic (exact) mass is 731 g/mol. The van der Waals surface area contributed by atoms with E-state index in [1.54, 1.807) is 0 Å². The Bertz CT molecular complexity index is 1950. The Hall–Kier alpha value is -4.54. The third kappa shape index (κ3) is 9.53. The maximum absolute atomic E-state index is 12.5. The first-order valence-corrected chi connectivity index (χ1v) is 18.7. The fourth-order valence-corrected chi connectivity index (χ4v) is 7.35. The number of likely N-dealkylation sites (tertiary alicyclic amines) is 1. The van der Waals surface area contributed by atoms with Crippen molar-refractivity contribution >= 4 is 17.6 Å². The van der Waals surface area contributed by atoms with Crippen LogP contribution in [0, 0.1) is 0 Å². The van der Waals surface area contributed by atoms with Gasteiger partial charge >= 0.3 is 6.03 Å². The van der Waals surface area contributed by atoms with Crippen LogP contribution in [0.1, 0.15) is 65.0 Å². The summed E-state index contributed by atoms with van der Waals surface area (Å²) in [5.41, 5.74) is 6.93. The number of benzene rings is 5. The molecule has 5 aromatic carbocycles. The molecule has 2 saturated heterocycles. The number of urea groups is 1. The summed E-state index contributed by atoms with van der Waals surface area (Å²) in [6.45, 7) is 3.06. The molecule has 2 aliphatic rings. The van der Waals surface area contributed by atoms with E-state index in [0.717, 1.165) is 64.1 Å². The number of nitrogens with one attached hydrogen (secondary N) is 2. The fourth-order valence-electron chi connectivity index (χ4n) is 7.22. The van der Waals surface area contributed by atoms with Crippen molar-refractivity contribution in [2.24, 2.45) is 0 Å². The molecule has 5 aromatic rings. The lowest BCUT2D eigenvalue weighted by Gasteiger charge is -2.42. The average Bonchev–Trinajstić information content (AvgIpc) is 3.21. The summed E-state index contributed by atoms with van der Waals surface area (Å²) in [7, 11) is 0. The lowest BCUT2D eigenvalue weighted by atomic mass is 9.84. The van der Waals surface area contributed by atoms with E-state index in [1.807, 2.05) is 103 Å². The Morgan fingerprint density at radius 2 is 1.40 bits per heavy atom. The first kappa shape index (κ1) is 36.8. The molecule has 0 spiro atoms. The van der Waals surface area contributed by atoms with Gasteiger partial charge in [-0.2, -0.15) is 0 Å². The van der Waals surface area contributed by atoms with Gasteiger partial charge in [-0.3, -0.25) is 0 Å². The topological polar surface area (TPSA) is 103 Å². The standard InChI is InChI=1S/C44H46ClN3O5/c45-39-18-16-38(17-19-39)44(51)20-22-48(23-21-44)29-40-26-41(34-14-12-32(30-49)13-15-34)53-42(52-40)37-11-5-10-36(25-37)35-9-4-8-33(24-35)28-47-43(50)46-27-31-6-2-1-3-7-31/h1-19,24-25,40-42,49,51H,20-23,26-30H2,(H2,46,47,50)/t40-,41+,42+/m1/s1. The first-order valence-electron chi connectivity index (χ1n) is 18.3. The maximum Gasteiger partial charge on any atom is 0.315 e. The second kappa shape index (κ2) is 17.1. The average molecular weight is 732 g/mol. The number of nitrogens with zero attached hydrogens (tertiary/aromatic N) is 1. The molecular weight excluding hydrogens is 686 g/mol. The van der Waals surface area contributed by atoms with E-state index in [-0.39, 0.29) is 24.8 Å². The number of carbonyl (C=O) groups is 1. The van der Waals surface area contributed by atoms with E-state index in [9.17, 15) is 15.0 Å². The number of rotatable bonds is 11. The van der Waals surface area contributed by atoms with Crippen molar-refractivity contribution in [3.05, 3.63) is 166 Å². The summed E-state index contributed by atoms with van der Waals surface area (Å²) in [5.74, 6) is 0. The van der Waals surface area contributed by atoms with Gasteiger partial charge < -0.3 is 35.2 Å². The van der Waals surface area contributed by atoms with Crippen LogP contribution < -0.4 is 10.6 Å². The van der Waals surface area contributed by atoms with Crippen LogP contribution in [0.5, 0.6) is 0 Å². The fraction of sp³-hybridized carbons (Fsp3) is 0.295. The molecule has 53 heavy (non-hydrogen) atoms. The molecule has 274 valence electrons. The minimum atomic E-state index is -0.875. The highest BCUT2D eigenvalue weighted by molar-refractivity contribution is 6.30. The van der Waals surface area contributed by atoms with Crippen LogP contribution in [-0.4, -0.2) is 46.9 Å². The highest BCUT2D eigenvalue weighted by Gasteiger charge is 2.37. The molecule has 8 nitrogen and oxygen atoms in total. The quantitative estimate of drug-likeness (QED) is 0.110. The number of hydrogen-bond donors (Lipinski definition) is 4. The first-order chi connectivity index (χ1) is 25.8. The van der Waals surface area contributed by atoms with Crippen molar-refractivity contribution in [2.45, 2.75) is 63.1 Å². The molecule has 0 saturated carbocycles. The second-order valence-corrected chi connectivity index (χ2v) is 14.5. The summed E-state index contributed by atoms with van der Waals surface area (Å²) >= 11 is 6.11. The molecule has 0 radical (unpaired) electrons. The van der Waals surface area contributed by atoms with Crippen molar-refractivity contribution in [1.82, 2.24) is 15.5 Å². The zero-order valence-corrected chi connectivity index (χ0v) is 30.4. The summed E-state index contributed by atoms with van der Waals surface area (Å²) in [5, 5.41) is 27.6. The highest BCUT2D eigenvalue weighted by Crippen LogP contribution is 2.40. The van der Waals surface area contributed by atoms with Crippen LogP contribution >= 0.6 is 11.6 Å². The Morgan fingerprint density at radius 1 is 0.736 bits per heavy atom. The van der Waals surface area contributed by atoms with E-state index in [1.165, 1.54) is 0 Å². The molecule has 0 aliphatic carbocycles. The van der Waals surface area contributed by atoms with Crippen molar-refractivity contribution in [3.63, 3.8) is 0 Å². The number of piperidine rings is 1. The molecule has 4 N–H and O–H groups in total. The lowest BCUT2D eigenvalue weighted by molar-refractivity contribution is -0.253. The van der Waals surface area contributed by atoms with Crippen molar-refractivity contribution in [2.75, 3.05) is 19.6 Å². The molecule has 3 atom stereocenters. The number of ether oxygens (including phenoxy) is 2. The summed E-state index contributed by atoms with van der Waals surface area (Å²) in [6.07, 6.45) is 1.04. The SMILES string of the molecule is O=C(NCc1ccccc1)NCc1cccc(-c2cccc([C@H]3O[C@@H](CN4CCC(O)(c5ccc(Cl)cc5)CC4)C[C@@H](c4ccc(CO)cc4)O3)c2)c1. The minimum Gasteiger partial charge on any atom is -0.392 e. The van der Waals surface area contributed by atoms with E-state index < -0.39 is 11.9 Å². The van der Waals surface area contributed by atoms with Gasteiger partial charge in [-0.15, -0.1) is 0 Å². The zero-order chi connectivity index (χ0) is 36.6. The van der Waals surface area contributed by atoms with Crippen LogP contribution in [0.3, 0.4) is 0 Å². The number of aliphatic hydroxyl groups is 2. The van der Waals surface area contributed by atoms with Crippen LogP contribution in [0.2, 0.25) is 5.02 Å². The zero-order valence-electron chi connectivity index (χ0n) is 29.7. The summed E-state index contributed by atoms with van der Waals surface area (Å²) in [4.78, 5) is 14.9. The second-order valence-electron chi connectivity index (χ2n) is 14.0. The predicted octanol–water partition coefficient (Wildman–Crippen LogP) is 8.03. The molecule has 0 bridgehead atoms. The smallest absolute Gasteiger partial charge is 0.315 e. The molecule has 2 heterocycles. The van der Waals surface area contributed by atoms with Gasteiger partial charge in [0.2, 0.25) is 0 Å². The third-order valence-corrected chi connectivity index (χ3v) is 10.6. The van der Waals surface area contributed by atoms with E-state index in [4.69, 9.17) is 21.1 Å². The van der Waals surface area contributed by atoms with Gasteiger partial charge in [0.1, 0.15) is 0 Å². The minimum absolute atomic E-state index is 0.0109. The van der Waals surface area contributed by atoms with E-state index in [2.05, 4.69) is 39.8 Å². The normalized spacial score (nSPS) is 20.1. The molecule has 0 unspecified atom stereocenters. The predicted molar refractivity (Wildman–Crippen MR) is 207 cm³/mol.